The monoisotopic (exact) mass is 427 g/mol. The van der Waals surface area contributed by atoms with Crippen molar-refractivity contribution in [1.82, 2.24) is 0 Å². The normalized spacial score (nSPS) is 13.0. The molecule has 2 heteroatoms. The molecule has 0 spiro atoms. The molecule has 0 saturated heterocycles. The van der Waals surface area contributed by atoms with Crippen LogP contribution in [0.3, 0.4) is 0 Å². The highest BCUT2D eigenvalue weighted by molar-refractivity contribution is 5.84. The maximum Gasteiger partial charge on any atom is 0.0975 e. The lowest BCUT2D eigenvalue weighted by Crippen LogP contribution is -2.25. The van der Waals surface area contributed by atoms with Crippen molar-refractivity contribution in [3.05, 3.63) is 102 Å². The van der Waals surface area contributed by atoms with E-state index in [2.05, 4.69) is 108 Å². The van der Waals surface area contributed by atoms with Gasteiger partial charge in [0, 0.05) is 17.8 Å². The topological polar surface area (TPSA) is 32.3 Å². The van der Waals surface area contributed by atoms with Gasteiger partial charge >= 0.3 is 0 Å². The molecule has 0 aliphatic rings. The molecule has 2 nitrogen and oxygen atoms in total. The van der Waals surface area contributed by atoms with Crippen molar-refractivity contribution in [3.63, 3.8) is 0 Å². The number of aliphatic hydroxyl groups excluding tert-OH is 1. The summed E-state index contributed by atoms with van der Waals surface area (Å²) in [5, 5.41) is 14.9. The summed E-state index contributed by atoms with van der Waals surface area (Å²) in [6, 6.07) is 23.2. The summed E-state index contributed by atoms with van der Waals surface area (Å²) < 4.78 is 0. The van der Waals surface area contributed by atoms with Crippen molar-refractivity contribution in [2.24, 2.45) is 0 Å². The van der Waals surface area contributed by atoms with Gasteiger partial charge in [0.15, 0.2) is 0 Å². The molecule has 1 unspecified atom stereocenters. The third kappa shape index (κ3) is 5.14. The van der Waals surface area contributed by atoms with Crippen molar-refractivity contribution in [1.29, 1.82) is 0 Å². The van der Waals surface area contributed by atoms with Crippen LogP contribution >= 0.6 is 0 Å². The van der Waals surface area contributed by atoms with Gasteiger partial charge in [-0.05, 0) is 44.7 Å². The predicted octanol–water partition coefficient (Wildman–Crippen LogP) is 7.78. The summed E-state index contributed by atoms with van der Waals surface area (Å²) in [5.41, 5.74) is 7.58. The molecular weight excluding hydrogens is 390 g/mol. The molecule has 1 atom stereocenters. The van der Waals surface area contributed by atoms with Gasteiger partial charge in [0.1, 0.15) is 0 Å². The molecule has 3 aromatic carbocycles. The maximum atomic E-state index is 11.1. The number of nitrogens with one attached hydrogen (secondary N) is 1. The van der Waals surface area contributed by atoms with Crippen LogP contribution in [0, 0.1) is 0 Å². The van der Waals surface area contributed by atoms with Crippen molar-refractivity contribution in [2.75, 3.05) is 5.32 Å². The summed E-state index contributed by atoms with van der Waals surface area (Å²) in [6.07, 6.45) is 0.912. The molecular formula is C30H37NO. The van der Waals surface area contributed by atoms with Gasteiger partial charge < -0.3 is 10.4 Å². The van der Waals surface area contributed by atoms with Crippen LogP contribution in [-0.4, -0.2) is 5.11 Å². The van der Waals surface area contributed by atoms with Crippen molar-refractivity contribution in [2.45, 2.75) is 65.0 Å². The number of hydrogen-bond donors (Lipinski definition) is 2. The van der Waals surface area contributed by atoms with Crippen LogP contribution in [0.25, 0.3) is 11.1 Å². The largest absolute Gasteiger partial charge is 0.384 e. The molecule has 0 aliphatic heterocycles. The average molecular weight is 428 g/mol. The molecule has 0 fully saturated rings. The fraction of sp³-hybridized carbons (Fsp3) is 0.333. The quantitative estimate of drug-likeness (QED) is 0.394. The van der Waals surface area contributed by atoms with E-state index in [-0.39, 0.29) is 10.8 Å². The van der Waals surface area contributed by atoms with Crippen LogP contribution < -0.4 is 5.32 Å². The molecule has 0 bridgehead atoms. The molecule has 32 heavy (non-hydrogen) atoms. The highest BCUT2D eigenvalue weighted by atomic mass is 16.3. The lowest BCUT2D eigenvalue weighted by atomic mass is 9.71. The number of anilines is 1. The van der Waals surface area contributed by atoms with E-state index in [9.17, 15) is 5.11 Å². The lowest BCUT2D eigenvalue weighted by molar-refractivity contribution is 0.223. The molecule has 0 saturated carbocycles. The van der Waals surface area contributed by atoms with Crippen LogP contribution in [0.15, 0.2) is 79.4 Å². The van der Waals surface area contributed by atoms with Crippen LogP contribution in [0.2, 0.25) is 0 Å². The summed E-state index contributed by atoms with van der Waals surface area (Å²) >= 11 is 0. The second-order valence-electron chi connectivity index (χ2n) is 10.5. The van der Waals surface area contributed by atoms with E-state index in [1.165, 1.54) is 11.1 Å². The van der Waals surface area contributed by atoms with E-state index >= 15 is 0 Å². The molecule has 3 aromatic rings. The molecule has 168 valence electrons. The highest BCUT2D eigenvalue weighted by Crippen LogP contribution is 2.47. The van der Waals surface area contributed by atoms with E-state index in [4.69, 9.17) is 0 Å². The maximum absolute atomic E-state index is 11.1. The Labute approximate surface area is 194 Å². The van der Waals surface area contributed by atoms with Gasteiger partial charge in [-0.1, -0.05) is 108 Å². The summed E-state index contributed by atoms with van der Waals surface area (Å²) in [4.78, 5) is 0. The Kier molecular flexibility index (Phi) is 6.95. The Hall–Kier alpha value is -2.84. The Morgan fingerprint density at radius 1 is 0.875 bits per heavy atom. The van der Waals surface area contributed by atoms with Crippen LogP contribution in [0.4, 0.5) is 5.69 Å². The van der Waals surface area contributed by atoms with Crippen molar-refractivity contribution < 1.29 is 5.11 Å². The number of rotatable bonds is 6. The van der Waals surface area contributed by atoms with E-state index in [0.717, 1.165) is 34.5 Å². The summed E-state index contributed by atoms with van der Waals surface area (Å²) in [7, 11) is 0. The van der Waals surface area contributed by atoms with Crippen LogP contribution in [0.5, 0.6) is 0 Å². The summed E-state index contributed by atoms with van der Waals surface area (Å²) in [5.74, 6) is 0. The first kappa shape index (κ1) is 23.8. The molecule has 0 heterocycles. The van der Waals surface area contributed by atoms with Gasteiger partial charge in [0.25, 0.3) is 0 Å². The molecule has 0 aromatic heterocycles. The van der Waals surface area contributed by atoms with E-state index < -0.39 is 6.10 Å². The smallest absolute Gasteiger partial charge is 0.0975 e. The van der Waals surface area contributed by atoms with Gasteiger partial charge in [-0.2, -0.15) is 0 Å². The predicted molar refractivity (Wildman–Crippen MR) is 138 cm³/mol. The minimum absolute atomic E-state index is 0.141. The first-order chi connectivity index (χ1) is 15.0. The molecule has 0 amide bonds. The van der Waals surface area contributed by atoms with Crippen molar-refractivity contribution in [3.8, 4) is 11.1 Å². The summed E-state index contributed by atoms with van der Waals surface area (Å²) in [6.45, 7) is 17.9. The molecule has 2 N–H and O–H groups in total. The van der Waals surface area contributed by atoms with Gasteiger partial charge in [0.05, 0.1) is 6.10 Å². The second-order valence-corrected chi connectivity index (χ2v) is 10.5. The minimum atomic E-state index is -0.732. The Balaban J connectivity index is 2.37. The van der Waals surface area contributed by atoms with Gasteiger partial charge in [-0.15, -0.1) is 6.58 Å². The minimum Gasteiger partial charge on any atom is -0.384 e. The van der Waals surface area contributed by atoms with Gasteiger partial charge in [-0.25, -0.2) is 0 Å². The van der Waals surface area contributed by atoms with Gasteiger partial charge in [-0.3, -0.25) is 0 Å². The fourth-order valence-corrected chi connectivity index (χ4v) is 4.36. The average Bonchev–Trinajstić information content (AvgIpc) is 2.76. The first-order valence-electron chi connectivity index (χ1n) is 11.4. The van der Waals surface area contributed by atoms with Gasteiger partial charge in [0.2, 0.25) is 0 Å². The lowest BCUT2D eigenvalue weighted by Gasteiger charge is -2.35. The Morgan fingerprint density at radius 2 is 1.44 bits per heavy atom. The zero-order valence-corrected chi connectivity index (χ0v) is 20.4. The van der Waals surface area contributed by atoms with Crippen LogP contribution in [0.1, 0.15) is 69.9 Å². The molecule has 3 rings (SSSR count). The second kappa shape index (κ2) is 9.34. The van der Waals surface area contributed by atoms with Crippen molar-refractivity contribution >= 4 is 5.69 Å². The SMILES string of the molecule is C=CC(O)c1c(C(C)(C)C)cc(NCc2ccccc2)c(-c2ccccc2)c1C(C)(C)C. The third-order valence-corrected chi connectivity index (χ3v) is 5.83. The zero-order chi connectivity index (χ0) is 23.5. The fourth-order valence-electron chi connectivity index (χ4n) is 4.36. The Morgan fingerprint density at radius 3 is 1.94 bits per heavy atom. The van der Waals surface area contributed by atoms with E-state index in [1.807, 2.05) is 12.1 Å². The first-order valence-corrected chi connectivity index (χ1v) is 11.4. The van der Waals surface area contributed by atoms with E-state index in [0.29, 0.717) is 0 Å². The van der Waals surface area contributed by atoms with Crippen LogP contribution in [-0.2, 0) is 17.4 Å². The number of benzene rings is 3. The zero-order valence-electron chi connectivity index (χ0n) is 20.4. The highest BCUT2D eigenvalue weighted by Gasteiger charge is 2.33. The van der Waals surface area contributed by atoms with E-state index in [1.54, 1.807) is 6.08 Å². The molecule has 0 radical (unpaired) electrons. The Bertz CT molecular complexity index is 1050. The number of aliphatic hydroxyl groups is 1. The number of hydrogen-bond acceptors (Lipinski definition) is 2. The third-order valence-electron chi connectivity index (χ3n) is 5.83. The molecule has 0 aliphatic carbocycles. The standard InChI is InChI=1S/C30H37NO/c1-8-25(32)27-23(29(2,3)4)19-24(31-20-21-15-11-9-12-16-21)26(28(27)30(5,6)7)22-17-13-10-14-18-22/h8-19,25,31-32H,1,20H2,2-7H3.